The number of nitriles is 1. The third kappa shape index (κ3) is 1.77. The van der Waals surface area contributed by atoms with Crippen LogP contribution in [0, 0.1) is 11.3 Å². The zero-order valence-corrected chi connectivity index (χ0v) is 7.44. The monoisotopic (exact) mass is 184 g/mol. The molecule has 1 aromatic carbocycles. The smallest absolute Gasteiger partial charge is 0.0991 e. The average Bonchev–Trinajstić information content (AvgIpc) is 2.72. The van der Waals surface area contributed by atoms with Gasteiger partial charge in [-0.05, 0) is 17.7 Å². The Hall–Kier alpha value is -2.15. The topological polar surface area (TPSA) is 65.4 Å². The van der Waals surface area contributed by atoms with Crippen LogP contribution in [0.5, 0.6) is 0 Å². The van der Waals surface area contributed by atoms with Crippen molar-refractivity contribution in [1.29, 1.82) is 5.26 Å². The summed E-state index contributed by atoms with van der Waals surface area (Å²) in [6.45, 7) is 0. The van der Waals surface area contributed by atoms with E-state index >= 15 is 0 Å². The average molecular weight is 184 g/mol. The molecular formula is C10H8N4. The fourth-order valence-corrected chi connectivity index (χ4v) is 1.22. The van der Waals surface area contributed by atoms with Crippen LogP contribution in [0.15, 0.2) is 30.5 Å². The molecule has 0 aliphatic heterocycles. The molecule has 14 heavy (non-hydrogen) atoms. The zero-order valence-electron chi connectivity index (χ0n) is 7.44. The highest BCUT2D eigenvalue weighted by Crippen LogP contribution is 2.07. The number of benzene rings is 1. The summed E-state index contributed by atoms with van der Waals surface area (Å²) in [5.74, 6) is 0. The first-order chi connectivity index (χ1) is 6.88. The van der Waals surface area contributed by atoms with Gasteiger partial charge in [0.1, 0.15) is 0 Å². The molecule has 0 atom stereocenters. The summed E-state index contributed by atoms with van der Waals surface area (Å²) in [5.41, 5.74) is 2.70. The van der Waals surface area contributed by atoms with Crippen molar-refractivity contribution in [2.45, 2.75) is 6.42 Å². The number of aromatic amines is 1. The van der Waals surface area contributed by atoms with Crippen LogP contribution in [0.25, 0.3) is 0 Å². The molecule has 0 saturated heterocycles. The molecule has 1 N–H and O–H groups in total. The Labute approximate surface area is 81.2 Å². The maximum absolute atomic E-state index is 8.61. The van der Waals surface area contributed by atoms with E-state index in [0.717, 1.165) is 17.7 Å². The quantitative estimate of drug-likeness (QED) is 0.764. The molecule has 0 aliphatic rings. The molecule has 2 rings (SSSR count). The highest BCUT2D eigenvalue weighted by atomic mass is 15.3. The minimum Gasteiger partial charge on any atom is -0.198 e. The van der Waals surface area contributed by atoms with Crippen LogP contribution in [-0.2, 0) is 6.42 Å². The number of H-pyrrole nitrogens is 1. The zero-order chi connectivity index (χ0) is 9.80. The lowest BCUT2D eigenvalue weighted by atomic mass is 10.1. The van der Waals surface area contributed by atoms with Crippen molar-refractivity contribution >= 4 is 0 Å². The van der Waals surface area contributed by atoms with E-state index in [1.807, 2.05) is 12.1 Å². The summed E-state index contributed by atoms with van der Waals surface area (Å²) in [6.07, 6.45) is 2.43. The van der Waals surface area contributed by atoms with Crippen LogP contribution in [0.4, 0.5) is 0 Å². The summed E-state index contributed by atoms with van der Waals surface area (Å²) < 4.78 is 0. The van der Waals surface area contributed by atoms with Crippen LogP contribution in [0.2, 0.25) is 0 Å². The summed E-state index contributed by atoms with van der Waals surface area (Å²) in [5, 5.41) is 18.8. The van der Waals surface area contributed by atoms with Crippen molar-refractivity contribution in [2.24, 2.45) is 0 Å². The molecule has 0 unspecified atom stereocenters. The highest BCUT2D eigenvalue weighted by Gasteiger charge is 1.98. The van der Waals surface area contributed by atoms with E-state index in [9.17, 15) is 0 Å². The Morgan fingerprint density at radius 1 is 1.29 bits per heavy atom. The molecule has 4 nitrogen and oxygen atoms in total. The predicted octanol–water partition coefficient (Wildman–Crippen LogP) is 1.27. The maximum Gasteiger partial charge on any atom is 0.0991 e. The van der Waals surface area contributed by atoms with E-state index in [2.05, 4.69) is 21.5 Å². The number of nitrogens with zero attached hydrogens (tertiary/aromatic N) is 3. The number of rotatable bonds is 2. The van der Waals surface area contributed by atoms with Gasteiger partial charge < -0.3 is 0 Å². The lowest BCUT2D eigenvalue weighted by molar-refractivity contribution is 0.915. The molecule has 0 spiro atoms. The predicted molar refractivity (Wildman–Crippen MR) is 50.3 cm³/mol. The largest absolute Gasteiger partial charge is 0.198 e. The molecule has 0 amide bonds. The maximum atomic E-state index is 8.61. The molecule has 0 saturated carbocycles. The lowest BCUT2D eigenvalue weighted by Crippen LogP contribution is -1.88. The fraction of sp³-hybridized carbons (Fsp3) is 0.100. The Balaban J connectivity index is 2.15. The second-order valence-electron chi connectivity index (χ2n) is 2.95. The first-order valence-electron chi connectivity index (χ1n) is 4.22. The third-order valence-corrected chi connectivity index (χ3v) is 1.93. The number of hydrogen-bond donors (Lipinski definition) is 1. The Kier molecular flexibility index (Phi) is 2.24. The minimum atomic E-state index is 0.675. The summed E-state index contributed by atoms with van der Waals surface area (Å²) in [7, 11) is 0. The summed E-state index contributed by atoms with van der Waals surface area (Å²) >= 11 is 0. The van der Waals surface area contributed by atoms with Gasteiger partial charge in [0.2, 0.25) is 0 Å². The lowest BCUT2D eigenvalue weighted by Gasteiger charge is -1.96. The van der Waals surface area contributed by atoms with Gasteiger partial charge in [-0.25, -0.2) is 0 Å². The van der Waals surface area contributed by atoms with Gasteiger partial charge in [-0.2, -0.15) is 20.7 Å². The van der Waals surface area contributed by atoms with Gasteiger partial charge in [-0.1, -0.05) is 12.1 Å². The van der Waals surface area contributed by atoms with Crippen molar-refractivity contribution in [3.05, 3.63) is 47.3 Å². The van der Waals surface area contributed by atoms with Gasteiger partial charge in [0.15, 0.2) is 0 Å². The number of nitrogens with one attached hydrogen (secondary N) is 1. The van der Waals surface area contributed by atoms with E-state index in [1.165, 1.54) is 0 Å². The van der Waals surface area contributed by atoms with Gasteiger partial charge in [-0.3, -0.25) is 0 Å². The van der Waals surface area contributed by atoms with Crippen LogP contribution in [0.3, 0.4) is 0 Å². The molecule has 1 aromatic heterocycles. The van der Waals surface area contributed by atoms with Crippen molar-refractivity contribution < 1.29 is 0 Å². The van der Waals surface area contributed by atoms with Crippen molar-refractivity contribution in [3.63, 3.8) is 0 Å². The Bertz CT molecular complexity index is 436. The molecule has 2 aromatic rings. The third-order valence-electron chi connectivity index (χ3n) is 1.93. The molecular weight excluding hydrogens is 176 g/mol. The molecule has 0 bridgehead atoms. The molecule has 0 fully saturated rings. The van der Waals surface area contributed by atoms with Gasteiger partial charge in [-0.15, -0.1) is 0 Å². The van der Waals surface area contributed by atoms with Crippen LogP contribution in [-0.4, -0.2) is 15.4 Å². The second kappa shape index (κ2) is 3.71. The molecule has 0 radical (unpaired) electrons. The SMILES string of the molecule is N#Cc1ccc(Cc2cn[nH]n2)cc1. The molecule has 1 heterocycles. The van der Waals surface area contributed by atoms with Crippen LogP contribution < -0.4 is 0 Å². The van der Waals surface area contributed by atoms with Crippen LogP contribution >= 0.6 is 0 Å². The number of aromatic nitrogens is 3. The van der Waals surface area contributed by atoms with Gasteiger partial charge in [0.25, 0.3) is 0 Å². The summed E-state index contributed by atoms with van der Waals surface area (Å²) in [6, 6.07) is 9.53. The molecule has 4 heteroatoms. The fourth-order valence-electron chi connectivity index (χ4n) is 1.22. The van der Waals surface area contributed by atoms with E-state index < -0.39 is 0 Å². The summed E-state index contributed by atoms with van der Waals surface area (Å²) in [4.78, 5) is 0. The molecule has 0 aliphatic carbocycles. The first kappa shape index (κ1) is 8.45. The standard InChI is InChI=1S/C10H8N4/c11-6-9-3-1-8(2-4-9)5-10-7-12-14-13-10/h1-4,7H,5H2,(H,12,13,14). The van der Waals surface area contributed by atoms with E-state index in [-0.39, 0.29) is 0 Å². The second-order valence-corrected chi connectivity index (χ2v) is 2.95. The van der Waals surface area contributed by atoms with Crippen molar-refractivity contribution in [1.82, 2.24) is 15.4 Å². The van der Waals surface area contributed by atoms with Gasteiger partial charge in [0, 0.05) is 6.42 Å². The number of hydrogen-bond acceptors (Lipinski definition) is 3. The van der Waals surface area contributed by atoms with E-state index in [0.29, 0.717) is 5.56 Å². The highest BCUT2D eigenvalue weighted by molar-refractivity contribution is 5.32. The Morgan fingerprint density at radius 3 is 2.64 bits per heavy atom. The minimum absolute atomic E-state index is 0.675. The first-order valence-corrected chi connectivity index (χ1v) is 4.22. The normalized spacial score (nSPS) is 9.64. The van der Waals surface area contributed by atoms with Gasteiger partial charge >= 0.3 is 0 Å². The Morgan fingerprint density at radius 2 is 2.07 bits per heavy atom. The van der Waals surface area contributed by atoms with Crippen molar-refractivity contribution in [2.75, 3.05) is 0 Å². The van der Waals surface area contributed by atoms with E-state index in [1.54, 1.807) is 18.3 Å². The molecule has 68 valence electrons. The van der Waals surface area contributed by atoms with Gasteiger partial charge in [0.05, 0.1) is 23.5 Å². The van der Waals surface area contributed by atoms with Crippen LogP contribution in [0.1, 0.15) is 16.8 Å². The van der Waals surface area contributed by atoms with Crippen molar-refractivity contribution in [3.8, 4) is 6.07 Å². The van der Waals surface area contributed by atoms with E-state index in [4.69, 9.17) is 5.26 Å².